The lowest BCUT2D eigenvalue weighted by Gasteiger charge is -2.20. The molecule has 0 atom stereocenters. The van der Waals surface area contributed by atoms with Gasteiger partial charge in [0, 0.05) is 24.5 Å². The average molecular weight is 300 g/mol. The number of aromatic nitrogens is 2. The Morgan fingerprint density at radius 3 is 2.62 bits per heavy atom. The molecule has 2 heterocycles. The highest BCUT2D eigenvalue weighted by atomic mass is 32.1. The molecule has 6 heteroatoms. The Morgan fingerprint density at radius 2 is 2.10 bits per heavy atom. The monoisotopic (exact) mass is 300 g/mol. The Bertz CT molecular complexity index is 628. The molecule has 0 bridgehead atoms. The van der Waals surface area contributed by atoms with E-state index in [0.29, 0.717) is 24.3 Å². The topological polar surface area (TPSA) is 72.1 Å². The fourth-order valence-corrected chi connectivity index (χ4v) is 1.96. The lowest BCUT2D eigenvalue weighted by Crippen LogP contribution is -2.31. The highest BCUT2D eigenvalue weighted by Gasteiger charge is 2.16. The summed E-state index contributed by atoms with van der Waals surface area (Å²) in [6.07, 6.45) is 3.23. The second-order valence-corrected chi connectivity index (χ2v) is 4.88. The van der Waals surface area contributed by atoms with Gasteiger partial charge in [-0.25, -0.2) is 0 Å². The molecule has 0 aliphatic rings. The van der Waals surface area contributed by atoms with Crippen LogP contribution in [0.3, 0.4) is 0 Å². The minimum atomic E-state index is -0.141. The normalized spacial score (nSPS) is 10.1. The highest BCUT2D eigenvalue weighted by molar-refractivity contribution is 7.80. The first-order valence-corrected chi connectivity index (χ1v) is 6.97. The van der Waals surface area contributed by atoms with Gasteiger partial charge >= 0.3 is 0 Å². The van der Waals surface area contributed by atoms with E-state index in [4.69, 9.17) is 18.0 Å². The van der Waals surface area contributed by atoms with Crippen molar-refractivity contribution >= 4 is 23.1 Å². The summed E-state index contributed by atoms with van der Waals surface area (Å²) in [6, 6.07) is 8.97. The fourth-order valence-electron chi connectivity index (χ4n) is 1.84. The predicted octanol–water partition coefficient (Wildman–Crippen LogP) is 1.77. The van der Waals surface area contributed by atoms with E-state index in [-0.39, 0.29) is 10.9 Å². The van der Waals surface area contributed by atoms with E-state index in [0.717, 1.165) is 5.69 Å². The van der Waals surface area contributed by atoms with E-state index >= 15 is 0 Å². The Hall–Kier alpha value is -2.34. The third kappa shape index (κ3) is 3.82. The average Bonchev–Trinajstić information content (AvgIpc) is 2.53. The van der Waals surface area contributed by atoms with Crippen molar-refractivity contribution in [3.05, 3.63) is 59.7 Å². The summed E-state index contributed by atoms with van der Waals surface area (Å²) >= 11 is 4.87. The minimum absolute atomic E-state index is 0.141. The summed E-state index contributed by atoms with van der Waals surface area (Å²) < 4.78 is 0. The number of thiocarbonyl (C=S) groups is 1. The van der Waals surface area contributed by atoms with Crippen molar-refractivity contribution in [2.75, 3.05) is 6.54 Å². The van der Waals surface area contributed by atoms with Crippen LogP contribution in [0, 0.1) is 0 Å². The Labute approximate surface area is 128 Å². The van der Waals surface area contributed by atoms with Crippen LogP contribution in [0.4, 0.5) is 0 Å². The molecule has 0 aromatic carbocycles. The number of amides is 1. The van der Waals surface area contributed by atoms with Gasteiger partial charge in [-0.15, -0.1) is 0 Å². The van der Waals surface area contributed by atoms with Crippen LogP contribution < -0.4 is 5.73 Å². The van der Waals surface area contributed by atoms with Gasteiger partial charge in [0.05, 0.1) is 12.2 Å². The largest absolute Gasteiger partial charge is 0.389 e. The number of nitrogens with zero attached hydrogens (tertiary/aromatic N) is 3. The second-order valence-electron chi connectivity index (χ2n) is 4.44. The van der Waals surface area contributed by atoms with Crippen molar-refractivity contribution < 1.29 is 4.79 Å². The third-order valence-corrected chi connectivity index (χ3v) is 3.25. The molecule has 2 aromatic rings. The van der Waals surface area contributed by atoms with Gasteiger partial charge in [-0.1, -0.05) is 18.3 Å². The van der Waals surface area contributed by atoms with Crippen molar-refractivity contribution in [1.29, 1.82) is 0 Å². The highest BCUT2D eigenvalue weighted by Crippen LogP contribution is 2.08. The van der Waals surface area contributed by atoms with Crippen molar-refractivity contribution in [2.24, 2.45) is 5.73 Å². The van der Waals surface area contributed by atoms with E-state index in [9.17, 15) is 4.79 Å². The number of hydrogen-bond acceptors (Lipinski definition) is 4. The summed E-state index contributed by atoms with van der Waals surface area (Å²) in [5.74, 6) is -0.141. The molecule has 1 amide bonds. The van der Waals surface area contributed by atoms with Crippen molar-refractivity contribution in [2.45, 2.75) is 13.5 Å². The van der Waals surface area contributed by atoms with E-state index in [1.165, 1.54) is 6.20 Å². The maximum Gasteiger partial charge on any atom is 0.272 e. The molecule has 0 radical (unpaired) electrons. The molecule has 2 rings (SSSR count). The molecule has 108 valence electrons. The van der Waals surface area contributed by atoms with Gasteiger partial charge in [-0.05, 0) is 31.2 Å². The van der Waals surface area contributed by atoms with Crippen molar-refractivity contribution in [3.63, 3.8) is 0 Å². The predicted molar refractivity (Wildman–Crippen MR) is 84.8 cm³/mol. The van der Waals surface area contributed by atoms with Gasteiger partial charge in [0.15, 0.2) is 0 Å². The summed E-state index contributed by atoms with van der Waals surface area (Å²) in [5.41, 5.74) is 7.37. The summed E-state index contributed by atoms with van der Waals surface area (Å²) in [4.78, 5) is 22.7. The summed E-state index contributed by atoms with van der Waals surface area (Å²) in [7, 11) is 0. The number of nitrogens with two attached hydrogens (primary N) is 1. The smallest absolute Gasteiger partial charge is 0.272 e. The first kappa shape index (κ1) is 15.1. The van der Waals surface area contributed by atoms with E-state index in [2.05, 4.69) is 9.97 Å². The Morgan fingerprint density at radius 1 is 1.29 bits per heavy atom. The number of carbonyl (C=O) groups is 1. The van der Waals surface area contributed by atoms with E-state index in [1.54, 1.807) is 23.2 Å². The van der Waals surface area contributed by atoms with Gasteiger partial charge in [0.25, 0.3) is 5.91 Å². The fraction of sp³-hybridized carbons (Fsp3) is 0.200. The van der Waals surface area contributed by atoms with Crippen LogP contribution in [0.25, 0.3) is 0 Å². The van der Waals surface area contributed by atoms with Crippen LogP contribution in [0.2, 0.25) is 0 Å². The van der Waals surface area contributed by atoms with Gasteiger partial charge in [-0.3, -0.25) is 14.8 Å². The van der Waals surface area contributed by atoms with Crippen LogP contribution in [-0.2, 0) is 6.54 Å². The van der Waals surface area contributed by atoms with Crippen LogP contribution in [0.15, 0.2) is 42.7 Å². The summed E-state index contributed by atoms with van der Waals surface area (Å²) in [5, 5.41) is 0. The molecule has 21 heavy (non-hydrogen) atoms. The van der Waals surface area contributed by atoms with Gasteiger partial charge in [-0.2, -0.15) is 0 Å². The van der Waals surface area contributed by atoms with Gasteiger partial charge < -0.3 is 10.6 Å². The molecule has 0 spiro atoms. The molecule has 0 aliphatic heterocycles. The molecule has 2 N–H and O–H groups in total. The van der Waals surface area contributed by atoms with E-state index < -0.39 is 0 Å². The zero-order valence-corrected chi connectivity index (χ0v) is 12.5. The van der Waals surface area contributed by atoms with Crippen LogP contribution in [0.1, 0.15) is 28.7 Å². The standard InChI is InChI=1S/C15H16N4OS/c1-2-19(10-12-5-3-4-8-17-12)15(20)13-7-6-11(9-18-13)14(16)21/h3-9H,2,10H2,1H3,(H2,16,21). The number of carbonyl (C=O) groups excluding carboxylic acids is 1. The number of rotatable bonds is 5. The maximum atomic E-state index is 12.4. The van der Waals surface area contributed by atoms with Crippen molar-refractivity contribution in [3.8, 4) is 0 Å². The second kappa shape index (κ2) is 6.90. The Balaban J connectivity index is 2.14. The SMILES string of the molecule is CCN(Cc1ccccn1)C(=O)c1ccc(C(N)=S)cn1. The quantitative estimate of drug-likeness (QED) is 0.852. The zero-order chi connectivity index (χ0) is 15.2. The lowest BCUT2D eigenvalue weighted by molar-refractivity contribution is 0.0744. The van der Waals surface area contributed by atoms with Gasteiger partial charge in [0.1, 0.15) is 10.7 Å². The molecule has 0 aliphatic carbocycles. The molecule has 2 aromatic heterocycles. The summed E-state index contributed by atoms with van der Waals surface area (Å²) in [6.45, 7) is 2.95. The first-order chi connectivity index (χ1) is 10.1. The maximum absolute atomic E-state index is 12.4. The van der Waals surface area contributed by atoms with Crippen LogP contribution >= 0.6 is 12.2 Å². The number of hydrogen-bond donors (Lipinski definition) is 1. The Kier molecular flexibility index (Phi) is 4.94. The molecule has 0 saturated heterocycles. The molecule has 0 saturated carbocycles. The zero-order valence-electron chi connectivity index (χ0n) is 11.7. The minimum Gasteiger partial charge on any atom is -0.389 e. The van der Waals surface area contributed by atoms with Gasteiger partial charge in [0.2, 0.25) is 0 Å². The third-order valence-electron chi connectivity index (χ3n) is 3.02. The first-order valence-electron chi connectivity index (χ1n) is 6.57. The lowest BCUT2D eigenvalue weighted by atomic mass is 10.2. The molecular weight excluding hydrogens is 284 g/mol. The van der Waals surface area contributed by atoms with Crippen molar-refractivity contribution in [1.82, 2.24) is 14.9 Å². The number of pyridine rings is 2. The molecule has 0 unspecified atom stereocenters. The molecular formula is C15H16N4OS. The van der Waals surface area contributed by atoms with E-state index in [1.807, 2.05) is 25.1 Å². The van der Waals surface area contributed by atoms with Crippen LogP contribution in [0.5, 0.6) is 0 Å². The van der Waals surface area contributed by atoms with Crippen LogP contribution in [-0.4, -0.2) is 32.3 Å². The molecule has 5 nitrogen and oxygen atoms in total. The molecule has 0 fully saturated rings.